The predicted molar refractivity (Wildman–Crippen MR) is 109 cm³/mol. The van der Waals surface area contributed by atoms with E-state index in [-0.39, 0.29) is 24.3 Å². The lowest BCUT2D eigenvalue weighted by Gasteiger charge is -2.32. The number of quaternary nitrogens is 2. The van der Waals surface area contributed by atoms with Crippen LogP contribution in [-0.4, -0.2) is 44.0 Å². The first-order chi connectivity index (χ1) is 13.5. The standard InChI is InChI=1S/C22H24ClN3O2/c1-16-7-8-19(18(23)13-16)26-21(27)14-20(22(26)28)25-11-9-24(10-12-25)15-17-5-3-2-4-6-17/h2-8,13,20H,9-12,14-15H2,1H3/p+2/t20-/m0/s1. The van der Waals surface area contributed by atoms with Gasteiger partial charge in [0.2, 0.25) is 5.91 Å². The van der Waals surface area contributed by atoms with Crippen molar-refractivity contribution in [2.75, 3.05) is 31.1 Å². The van der Waals surface area contributed by atoms with Crippen LogP contribution in [-0.2, 0) is 16.1 Å². The molecule has 1 atom stereocenters. The summed E-state index contributed by atoms with van der Waals surface area (Å²) in [5, 5.41) is 0.453. The molecule has 0 spiro atoms. The number of rotatable bonds is 4. The molecule has 2 N–H and O–H groups in total. The molecule has 0 aliphatic carbocycles. The van der Waals surface area contributed by atoms with Gasteiger partial charge in [-0.25, -0.2) is 4.90 Å². The Bertz CT molecular complexity index is 879. The highest BCUT2D eigenvalue weighted by molar-refractivity contribution is 6.36. The van der Waals surface area contributed by atoms with E-state index in [4.69, 9.17) is 11.6 Å². The molecule has 0 bridgehead atoms. The summed E-state index contributed by atoms with van der Waals surface area (Å²) in [6.45, 7) is 6.77. The summed E-state index contributed by atoms with van der Waals surface area (Å²) < 4.78 is 0. The fourth-order valence-corrected chi connectivity index (χ4v) is 4.65. The fraction of sp³-hybridized carbons (Fsp3) is 0.364. The van der Waals surface area contributed by atoms with E-state index in [0.717, 1.165) is 38.3 Å². The monoisotopic (exact) mass is 399 g/mol. The first-order valence-corrected chi connectivity index (χ1v) is 10.3. The zero-order chi connectivity index (χ0) is 19.7. The molecule has 28 heavy (non-hydrogen) atoms. The van der Waals surface area contributed by atoms with E-state index in [9.17, 15) is 9.59 Å². The molecule has 6 heteroatoms. The summed E-state index contributed by atoms with van der Waals surface area (Å²) in [7, 11) is 0. The molecule has 2 aromatic rings. The first kappa shape index (κ1) is 19.1. The van der Waals surface area contributed by atoms with Crippen molar-refractivity contribution in [2.24, 2.45) is 0 Å². The topological polar surface area (TPSA) is 46.3 Å². The summed E-state index contributed by atoms with van der Waals surface area (Å²) in [5.41, 5.74) is 2.86. The van der Waals surface area contributed by atoms with Gasteiger partial charge in [0.05, 0.1) is 17.1 Å². The first-order valence-electron chi connectivity index (χ1n) is 9.88. The second kappa shape index (κ2) is 8.03. The smallest absolute Gasteiger partial charge is 0.292 e. The Hall–Kier alpha value is -2.21. The number of nitrogens with one attached hydrogen (secondary N) is 2. The molecular weight excluding hydrogens is 374 g/mol. The molecule has 2 heterocycles. The molecule has 2 aliphatic heterocycles. The highest BCUT2D eigenvalue weighted by Crippen LogP contribution is 2.30. The lowest BCUT2D eigenvalue weighted by Crippen LogP contribution is -3.29. The third-order valence-electron chi connectivity index (χ3n) is 5.88. The number of carbonyl (C=O) groups is 2. The lowest BCUT2D eigenvalue weighted by atomic mass is 10.1. The lowest BCUT2D eigenvalue weighted by molar-refractivity contribution is -1.02. The minimum Gasteiger partial charge on any atom is -0.322 e. The van der Waals surface area contributed by atoms with Crippen LogP contribution in [0.2, 0.25) is 5.02 Å². The Morgan fingerprint density at radius 1 is 1.04 bits per heavy atom. The maximum Gasteiger partial charge on any atom is 0.292 e. The van der Waals surface area contributed by atoms with Gasteiger partial charge in [-0.3, -0.25) is 9.59 Å². The van der Waals surface area contributed by atoms with Crippen molar-refractivity contribution < 1.29 is 19.4 Å². The Morgan fingerprint density at radius 2 is 1.75 bits per heavy atom. The van der Waals surface area contributed by atoms with Gasteiger partial charge in [0.25, 0.3) is 5.91 Å². The van der Waals surface area contributed by atoms with E-state index in [0.29, 0.717) is 10.7 Å². The number of benzene rings is 2. The van der Waals surface area contributed by atoms with Gasteiger partial charge in [0.15, 0.2) is 6.04 Å². The number of nitrogens with zero attached hydrogens (tertiary/aromatic N) is 1. The second-order valence-electron chi connectivity index (χ2n) is 7.85. The van der Waals surface area contributed by atoms with E-state index in [1.54, 1.807) is 12.1 Å². The van der Waals surface area contributed by atoms with E-state index in [2.05, 4.69) is 24.3 Å². The molecule has 146 valence electrons. The average molecular weight is 400 g/mol. The zero-order valence-electron chi connectivity index (χ0n) is 16.1. The Balaban J connectivity index is 1.41. The van der Waals surface area contributed by atoms with Crippen LogP contribution in [0.3, 0.4) is 0 Å². The number of aryl methyl sites for hydroxylation is 1. The van der Waals surface area contributed by atoms with Crippen molar-refractivity contribution in [1.82, 2.24) is 0 Å². The highest BCUT2D eigenvalue weighted by Gasteiger charge is 2.47. The number of amides is 2. The summed E-state index contributed by atoms with van der Waals surface area (Å²) in [5.74, 6) is -0.260. The molecule has 2 amide bonds. The SMILES string of the molecule is Cc1ccc(N2C(=O)C[C@H]([NH+]3CC[NH+](Cc4ccccc4)CC3)C2=O)c(Cl)c1. The number of carbonyl (C=O) groups excluding carboxylic acids is 2. The van der Waals surface area contributed by atoms with Crippen LogP contribution in [0.25, 0.3) is 0 Å². The van der Waals surface area contributed by atoms with Gasteiger partial charge >= 0.3 is 0 Å². The van der Waals surface area contributed by atoms with Gasteiger partial charge in [-0.1, -0.05) is 48.0 Å². The molecular formula is C22H26ClN3O2+2. The van der Waals surface area contributed by atoms with E-state index in [1.165, 1.54) is 20.3 Å². The molecule has 2 aliphatic rings. The van der Waals surface area contributed by atoms with Crippen molar-refractivity contribution in [3.8, 4) is 0 Å². The largest absolute Gasteiger partial charge is 0.322 e. The zero-order valence-corrected chi connectivity index (χ0v) is 16.8. The summed E-state index contributed by atoms with van der Waals surface area (Å²) in [4.78, 5) is 29.7. The number of halogens is 1. The number of imide groups is 1. The maximum atomic E-state index is 13.0. The van der Waals surface area contributed by atoms with Crippen LogP contribution < -0.4 is 14.7 Å². The predicted octanol–water partition coefficient (Wildman–Crippen LogP) is 0.264. The normalized spacial score (nSPS) is 25.4. The molecule has 2 aromatic carbocycles. The number of anilines is 1. The quantitative estimate of drug-likeness (QED) is 0.725. The van der Waals surface area contributed by atoms with Crippen LogP contribution in [0.4, 0.5) is 5.69 Å². The van der Waals surface area contributed by atoms with Crippen LogP contribution in [0.15, 0.2) is 48.5 Å². The average Bonchev–Trinajstić information content (AvgIpc) is 2.98. The van der Waals surface area contributed by atoms with Crippen molar-refractivity contribution in [3.05, 3.63) is 64.7 Å². The van der Waals surface area contributed by atoms with E-state index >= 15 is 0 Å². The van der Waals surface area contributed by atoms with Crippen LogP contribution >= 0.6 is 11.6 Å². The Labute approximate surface area is 170 Å². The van der Waals surface area contributed by atoms with Crippen LogP contribution in [0, 0.1) is 6.92 Å². The number of piperazine rings is 1. The molecule has 4 rings (SSSR count). The third kappa shape index (κ3) is 3.83. The number of hydrogen-bond acceptors (Lipinski definition) is 2. The van der Waals surface area contributed by atoms with Crippen LogP contribution in [0.1, 0.15) is 17.5 Å². The number of hydrogen-bond donors (Lipinski definition) is 2. The third-order valence-corrected chi connectivity index (χ3v) is 6.18. The van der Waals surface area contributed by atoms with Crippen molar-refractivity contribution in [1.29, 1.82) is 0 Å². The minimum absolute atomic E-state index is 0.114. The van der Waals surface area contributed by atoms with Gasteiger partial charge in [0.1, 0.15) is 32.7 Å². The molecule has 2 fully saturated rings. The molecule has 5 nitrogen and oxygen atoms in total. The van der Waals surface area contributed by atoms with Crippen molar-refractivity contribution in [2.45, 2.75) is 25.9 Å². The van der Waals surface area contributed by atoms with Gasteiger partial charge in [-0.05, 0) is 24.6 Å². The Morgan fingerprint density at radius 3 is 2.43 bits per heavy atom. The van der Waals surface area contributed by atoms with Crippen molar-refractivity contribution >= 4 is 29.1 Å². The van der Waals surface area contributed by atoms with Gasteiger partial charge in [0, 0.05) is 5.56 Å². The molecule has 0 radical (unpaired) electrons. The Kier molecular flexibility index (Phi) is 5.49. The molecule has 2 saturated heterocycles. The van der Waals surface area contributed by atoms with Gasteiger partial charge in [-0.15, -0.1) is 0 Å². The van der Waals surface area contributed by atoms with Crippen LogP contribution in [0.5, 0.6) is 0 Å². The van der Waals surface area contributed by atoms with E-state index in [1.807, 2.05) is 19.1 Å². The van der Waals surface area contributed by atoms with Gasteiger partial charge < -0.3 is 9.80 Å². The molecule has 0 saturated carbocycles. The summed E-state index contributed by atoms with van der Waals surface area (Å²) in [6.07, 6.45) is 0.270. The minimum atomic E-state index is -0.289. The summed E-state index contributed by atoms with van der Waals surface area (Å²) >= 11 is 6.31. The highest BCUT2D eigenvalue weighted by atomic mass is 35.5. The fourth-order valence-electron chi connectivity index (χ4n) is 4.33. The molecule has 0 unspecified atom stereocenters. The molecule has 0 aromatic heterocycles. The van der Waals surface area contributed by atoms with E-state index < -0.39 is 0 Å². The van der Waals surface area contributed by atoms with Gasteiger partial charge in [-0.2, -0.15) is 0 Å². The van der Waals surface area contributed by atoms with Crippen molar-refractivity contribution in [3.63, 3.8) is 0 Å². The maximum absolute atomic E-state index is 13.0. The summed E-state index contributed by atoms with van der Waals surface area (Å²) in [6, 6.07) is 15.7. The second-order valence-corrected chi connectivity index (χ2v) is 8.26.